The SMILES string of the molecule is c1ccc2[nH]c(CNCCN3CCCCC3)nc2c1. The number of nitrogens with zero attached hydrogens (tertiary/aromatic N) is 2. The van der Waals surface area contributed by atoms with Crippen LogP contribution in [0.15, 0.2) is 24.3 Å². The molecule has 0 atom stereocenters. The van der Waals surface area contributed by atoms with Crippen molar-refractivity contribution >= 4 is 11.0 Å². The number of para-hydroxylation sites is 2. The molecule has 0 saturated carbocycles. The van der Waals surface area contributed by atoms with E-state index in [0.29, 0.717) is 0 Å². The van der Waals surface area contributed by atoms with E-state index >= 15 is 0 Å². The van der Waals surface area contributed by atoms with Crippen molar-refractivity contribution in [3.05, 3.63) is 30.1 Å². The third-order valence-electron chi connectivity index (χ3n) is 3.78. The second-order valence-electron chi connectivity index (χ2n) is 5.28. The minimum absolute atomic E-state index is 0.822. The molecule has 1 aliphatic heterocycles. The summed E-state index contributed by atoms with van der Waals surface area (Å²) in [6.07, 6.45) is 4.13. The van der Waals surface area contributed by atoms with Crippen LogP contribution in [-0.2, 0) is 6.54 Å². The average Bonchev–Trinajstić information content (AvgIpc) is 2.87. The van der Waals surface area contributed by atoms with Gasteiger partial charge in [-0.15, -0.1) is 0 Å². The molecule has 0 aliphatic carbocycles. The average molecular weight is 258 g/mol. The first-order valence-electron chi connectivity index (χ1n) is 7.28. The number of hydrogen-bond acceptors (Lipinski definition) is 3. The highest BCUT2D eigenvalue weighted by Gasteiger charge is 2.09. The Hall–Kier alpha value is -1.39. The van der Waals surface area contributed by atoms with Crippen molar-refractivity contribution in [1.82, 2.24) is 20.2 Å². The summed E-state index contributed by atoms with van der Waals surface area (Å²) in [6, 6.07) is 8.17. The molecule has 2 N–H and O–H groups in total. The lowest BCUT2D eigenvalue weighted by molar-refractivity contribution is 0.229. The summed E-state index contributed by atoms with van der Waals surface area (Å²) < 4.78 is 0. The van der Waals surface area contributed by atoms with Gasteiger partial charge in [0, 0.05) is 13.1 Å². The molecule has 1 aromatic heterocycles. The Morgan fingerprint density at radius 3 is 2.84 bits per heavy atom. The first kappa shape index (κ1) is 12.6. The van der Waals surface area contributed by atoms with Gasteiger partial charge < -0.3 is 15.2 Å². The molecule has 1 aliphatic rings. The van der Waals surface area contributed by atoms with Crippen LogP contribution < -0.4 is 5.32 Å². The second-order valence-corrected chi connectivity index (χ2v) is 5.28. The lowest BCUT2D eigenvalue weighted by atomic mass is 10.1. The van der Waals surface area contributed by atoms with Crippen LogP contribution in [0.5, 0.6) is 0 Å². The van der Waals surface area contributed by atoms with Crippen molar-refractivity contribution < 1.29 is 0 Å². The van der Waals surface area contributed by atoms with Gasteiger partial charge in [0.15, 0.2) is 0 Å². The summed E-state index contributed by atoms with van der Waals surface area (Å²) in [6.45, 7) is 5.55. The standard InChI is InChI=1S/C15H22N4/c1-4-9-19(10-5-1)11-8-16-12-15-17-13-6-2-3-7-14(13)18-15/h2-3,6-7,16H,1,4-5,8-12H2,(H,17,18). The molecule has 0 unspecified atom stereocenters. The normalized spacial score (nSPS) is 17.1. The van der Waals surface area contributed by atoms with E-state index in [2.05, 4.69) is 26.3 Å². The molecule has 4 heteroatoms. The van der Waals surface area contributed by atoms with Crippen molar-refractivity contribution in [3.8, 4) is 0 Å². The number of rotatable bonds is 5. The van der Waals surface area contributed by atoms with Crippen LogP contribution in [0, 0.1) is 0 Å². The summed E-state index contributed by atoms with van der Waals surface area (Å²) in [4.78, 5) is 10.5. The van der Waals surface area contributed by atoms with E-state index < -0.39 is 0 Å². The van der Waals surface area contributed by atoms with Crippen LogP contribution in [0.1, 0.15) is 25.1 Å². The van der Waals surface area contributed by atoms with E-state index in [4.69, 9.17) is 0 Å². The molecular formula is C15H22N4. The Morgan fingerprint density at radius 2 is 2.00 bits per heavy atom. The monoisotopic (exact) mass is 258 g/mol. The van der Waals surface area contributed by atoms with Crippen LogP contribution in [0.4, 0.5) is 0 Å². The summed E-state index contributed by atoms with van der Waals surface area (Å²) in [5, 5.41) is 3.47. The lowest BCUT2D eigenvalue weighted by Gasteiger charge is -2.26. The summed E-state index contributed by atoms with van der Waals surface area (Å²) in [7, 11) is 0. The van der Waals surface area contributed by atoms with Crippen LogP contribution in [0.2, 0.25) is 0 Å². The van der Waals surface area contributed by atoms with Gasteiger partial charge in [-0.25, -0.2) is 4.98 Å². The topological polar surface area (TPSA) is 44.0 Å². The number of imidazole rings is 1. The maximum absolute atomic E-state index is 4.57. The number of fused-ring (bicyclic) bond motifs is 1. The highest BCUT2D eigenvalue weighted by Crippen LogP contribution is 2.10. The zero-order chi connectivity index (χ0) is 12.9. The number of hydrogen-bond donors (Lipinski definition) is 2. The minimum atomic E-state index is 0.822. The third kappa shape index (κ3) is 3.33. The Kier molecular flexibility index (Phi) is 4.10. The largest absolute Gasteiger partial charge is 0.341 e. The molecule has 1 fully saturated rings. The third-order valence-corrected chi connectivity index (χ3v) is 3.78. The number of benzene rings is 1. The number of nitrogens with one attached hydrogen (secondary N) is 2. The number of aromatic amines is 1. The number of H-pyrrole nitrogens is 1. The van der Waals surface area contributed by atoms with Crippen molar-refractivity contribution in [3.63, 3.8) is 0 Å². The molecule has 3 rings (SSSR count). The van der Waals surface area contributed by atoms with Crippen LogP contribution in [0.3, 0.4) is 0 Å². The van der Waals surface area contributed by atoms with E-state index in [1.54, 1.807) is 0 Å². The number of likely N-dealkylation sites (tertiary alicyclic amines) is 1. The van der Waals surface area contributed by atoms with Crippen molar-refractivity contribution in [2.24, 2.45) is 0 Å². The minimum Gasteiger partial charge on any atom is -0.341 e. The smallest absolute Gasteiger partial charge is 0.121 e. The fourth-order valence-corrected chi connectivity index (χ4v) is 2.72. The van der Waals surface area contributed by atoms with Crippen molar-refractivity contribution in [2.75, 3.05) is 26.2 Å². The maximum atomic E-state index is 4.57. The number of piperidine rings is 1. The quantitative estimate of drug-likeness (QED) is 0.808. The van der Waals surface area contributed by atoms with E-state index in [1.807, 2.05) is 18.2 Å². The van der Waals surface area contributed by atoms with Gasteiger partial charge in [-0.1, -0.05) is 18.6 Å². The van der Waals surface area contributed by atoms with Gasteiger partial charge in [0.25, 0.3) is 0 Å². The Morgan fingerprint density at radius 1 is 1.16 bits per heavy atom. The Bertz CT molecular complexity index is 481. The van der Waals surface area contributed by atoms with Crippen molar-refractivity contribution in [2.45, 2.75) is 25.8 Å². The molecule has 1 saturated heterocycles. The molecular weight excluding hydrogens is 236 g/mol. The highest BCUT2D eigenvalue weighted by atomic mass is 15.1. The van der Waals surface area contributed by atoms with E-state index in [9.17, 15) is 0 Å². The first-order valence-corrected chi connectivity index (χ1v) is 7.28. The molecule has 1 aromatic carbocycles. The van der Waals surface area contributed by atoms with Crippen LogP contribution in [0.25, 0.3) is 11.0 Å². The van der Waals surface area contributed by atoms with Gasteiger partial charge in [0.05, 0.1) is 17.6 Å². The van der Waals surface area contributed by atoms with Gasteiger partial charge in [0.1, 0.15) is 5.82 Å². The van der Waals surface area contributed by atoms with E-state index in [1.165, 1.54) is 32.4 Å². The molecule has 0 amide bonds. The Labute approximate surface area is 114 Å². The molecule has 2 heterocycles. The van der Waals surface area contributed by atoms with Gasteiger partial charge >= 0.3 is 0 Å². The zero-order valence-corrected chi connectivity index (χ0v) is 11.4. The van der Waals surface area contributed by atoms with Crippen LogP contribution in [-0.4, -0.2) is 41.0 Å². The van der Waals surface area contributed by atoms with E-state index in [-0.39, 0.29) is 0 Å². The zero-order valence-electron chi connectivity index (χ0n) is 11.4. The maximum Gasteiger partial charge on any atom is 0.121 e. The molecule has 2 aromatic rings. The van der Waals surface area contributed by atoms with Crippen molar-refractivity contribution in [1.29, 1.82) is 0 Å². The second kappa shape index (κ2) is 6.17. The molecule has 0 bridgehead atoms. The predicted molar refractivity (Wildman–Crippen MR) is 78.1 cm³/mol. The molecule has 102 valence electrons. The molecule has 0 spiro atoms. The summed E-state index contributed by atoms with van der Waals surface area (Å²) >= 11 is 0. The van der Waals surface area contributed by atoms with Gasteiger partial charge in [-0.2, -0.15) is 0 Å². The molecule has 19 heavy (non-hydrogen) atoms. The molecule has 4 nitrogen and oxygen atoms in total. The molecule has 0 radical (unpaired) electrons. The summed E-state index contributed by atoms with van der Waals surface area (Å²) in [5.41, 5.74) is 2.17. The van der Waals surface area contributed by atoms with E-state index in [0.717, 1.165) is 36.5 Å². The number of aromatic nitrogens is 2. The Balaban J connectivity index is 1.44. The lowest BCUT2D eigenvalue weighted by Crippen LogP contribution is -2.35. The predicted octanol–water partition coefficient (Wildman–Crippen LogP) is 2.14. The van der Waals surface area contributed by atoms with Gasteiger partial charge in [-0.05, 0) is 38.1 Å². The van der Waals surface area contributed by atoms with Gasteiger partial charge in [-0.3, -0.25) is 0 Å². The summed E-state index contributed by atoms with van der Waals surface area (Å²) in [5.74, 6) is 1.03. The highest BCUT2D eigenvalue weighted by molar-refractivity contribution is 5.74. The van der Waals surface area contributed by atoms with Crippen LogP contribution >= 0.6 is 0 Å². The fourth-order valence-electron chi connectivity index (χ4n) is 2.72. The first-order chi connectivity index (χ1) is 9.42. The van der Waals surface area contributed by atoms with Gasteiger partial charge in [0.2, 0.25) is 0 Å². The fraction of sp³-hybridized carbons (Fsp3) is 0.533.